The van der Waals surface area contributed by atoms with Crippen LogP contribution in [-0.2, 0) is 6.42 Å². The Morgan fingerprint density at radius 3 is 2.83 bits per heavy atom. The third kappa shape index (κ3) is 3.03. The number of ether oxygens (including phenoxy) is 1. The van der Waals surface area contributed by atoms with Crippen LogP contribution in [0.3, 0.4) is 0 Å². The van der Waals surface area contributed by atoms with Gasteiger partial charge in [-0.15, -0.1) is 0 Å². The zero-order chi connectivity index (χ0) is 13.2. The van der Waals surface area contributed by atoms with Crippen molar-refractivity contribution in [2.24, 2.45) is 5.92 Å². The molecule has 0 aromatic heterocycles. The Bertz CT molecular complexity index is 376. The summed E-state index contributed by atoms with van der Waals surface area (Å²) in [7, 11) is 0. The van der Waals surface area contributed by atoms with Gasteiger partial charge in [-0.1, -0.05) is 32.0 Å². The van der Waals surface area contributed by atoms with Crippen molar-refractivity contribution < 1.29 is 9.84 Å². The van der Waals surface area contributed by atoms with Crippen molar-refractivity contribution in [3.8, 4) is 5.75 Å². The Kier molecular flexibility index (Phi) is 3.93. The van der Waals surface area contributed by atoms with Crippen molar-refractivity contribution in [3.63, 3.8) is 0 Å². The predicted molar refractivity (Wildman–Crippen MR) is 72.9 cm³/mol. The fraction of sp³-hybridized carbons (Fsp3) is 0.600. The summed E-state index contributed by atoms with van der Waals surface area (Å²) in [6, 6.07) is 8.17. The number of nitrogens with one attached hydrogen (secondary N) is 1. The molecule has 1 aromatic rings. The Balaban J connectivity index is 1.78. The highest BCUT2D eigenvalue weighted by molar-refractivity contribution is 5.37. The van der Waals surface area contributed by atoms with E-state index in [0.29, 0.717) is 6.54 Å². The first-order valence-corrected chi connectivity index (χ1v) is 6.66. The van der Waals surface area contributed by atoms with Crippen molar-refractivity contribution in [1.82, 2.24) is 5.32 Å². The normalized spacial score (nSPS) is 21.5. The van der Waals surface area contributed by atoms with Crippen molar-refractivity contribution in [1.29, 1.82) is 0 Å². The molecule has 2 N–H and O–H groups in total. The van der Waals surface area contributed by atoms with E-state index in [4.69, 9.17) is 4.74 Å². The van der Waals surface area contributed by atoms with E-state index < -0.39 is 5.60 Å². The number of benzene rings is 1. The van der Waals surface area contributed by atoms with Gasteiger partial charge in [-0.25, -0.2) is 0 Å². The zero-order valence-corrected chi connectivity index (χ0v) is 11.4. The van der Waals surface area contributed by atoms with Gasteiger partial charge in [0.15, 0.2) is 0 Å². The largest absolute Gasteiger partial charge is 0.488 e. The van der Waals surface area contributed by atoms with E-state index in [1.165, 1.54) is 5.56 Å². The first-order valence-electron chi connectivity index (χ1n) is 6.66. The first kappa shape index (κ1) is 13.4. The molecule has 100 valence electrons. The van der Waals surface area contributed by atoms with Crippen LogP contribution in [0.5, 0.6) is 5.75 Å². The second-order valence-corrected chi connectivity index (χ2v) is 5.69. The van der Waals surface area contributed by atoms with Gasteiger partial charge in [-0.3, -0.25) is 0 Å². The molecule has 1 heterocycles. The van der Waals surface area contributed by atoms with Gasteiger partial charge in [0.25, 0.3) is 0 Å². The molecule has 0 amide bonds. The molecular weight excluding hydrogens is 226 g/mol. The van der Waals surface area contributed by atoms with Crippen LogP contribution in [0.25, 0.3) is 0 Å². The minimum atomic E-state index is -0.661. The number of aliphatic hydroxyl groups is 1. The lowest BCUT2D eigenvalue weighted by molar-refractivity contribution is 0.0126. The van der Waals surface area contributed by atoms with Gasteiger partial charge < -0.3 is 15.2 Å². The van der Waals surface area contributed by atoms with E-state index in [2.05, 4.69) is 11.4 Å². The van der Waals surface area contributed by atoms with Crippen LogP contribution in [0, 0.1) is 5.92 Å². The van der Waals surface area contributed by atoms with Crippen LogP contribution >= 0.6 is 0 Å². The molecule has 0 bridgehead atoms. The molecule has 0 fully saturated rings. The molecule has 2 unspecified atom stereocenters. The lowest BCUT2D eigenvalue weighted by Crippen LogP contribution is -2.44. The Morgan fingerprint density at radius 1 is 1.44 bits per heavy atom. The number of rotatable bonds is 5. The number of hydrogen-bond acceptors (Lipinski definition) is 3. The Hall–Kier alpha value is -1.06. The van der Waals surface area contributed by atoms with Crippen LogP contribution in [0.15, 0.2) is 24.3 Å². The fourth-order valence-electron chi connectivity index (χ4n) is 2.06. The summed E-state index contributed by atoms with van der Waals surface area (Å²) in [6.07, 6.45) is 1.14. The lowest BCUT2D eigenvalue weighted by Gasteiger charge is -2.28. The lowest BCUT2D eigenvalue weighted by atomic mass is 9.92. The summed E-state index contributed by atoms with van der Waals surface area (Å²) >= 11 is 0. The minimum Gasteiger partial charge on any atom is -0.488 e. The number of hydrogen-bond donors (Lipinski definition) is 2. The standard InChI is InChI=1S/C15H23NO2/c1-11(2)15(3,17)10-16-9-13-8-12-6-4-5-7-14(12)18-13/h4-7,11,13,16-17H,8-10H2,1-3H3. The molecular formula is C15H23NO2. The second-order valence-electron chi connectivity index (χ2n) is 5.69. The summed E-state index contributed by atoms with van der Waals surface area (Å²) in [6.45, 7) is 7.31. The smallest absolute Gasteiger partial charge is 0.123 e. The van der Waals surface area contributed by atoms with Gasteiger partial charge in [0.05, 0.1) is 5.60 Å². The molecule has 0 saturated carbocycles. The third-order valence-electron chi connectivity index (χ3n) is 3.81. The second kappa shape index (κ2) is 5.29. The molecule has 0 aliphatic carbocycles. The van der Waals surface area contributed by atoms with Crippen LogP contribution < -0.4 is 10.1 Å². The Morgan fingerprint density at radius 2 is 2.17 bits per heavy atom. The molecule has 18 heavy (non-hydrogen) atoms. The summed E-state index contributed by atoms with van der Waals surface area (Å²) in [5.41, 5.74) is 0.616. The predicted octanol–water partition coefficient (Wildman–Crippen LogP) is 1.99. The van der Waals surface area contributed by atoms with Crippen LogP contribution in [0.1, 0.15) is 26.3 Å². The molecule has 0 spiro atoms. The van der Waals surface area contributed by atoms with E-state index in [9.17, 15) is 5.11 Å². The molecule has 2 atom stereocenters. The van der Waals surface area contributed by atoms with Crippen molar-refractivity contribution in [2.45, 2.75) is 38.9 Å². The summed E-state index contributed by atoms with van der Waals surface area (Å²) in [4.78, 5) is 0. The van der Waals surface area contributed by atoms with Gasteiger partial charge in [-0.2, -0.15) is 0 Å². The van der Waals surface area contributed by atoms with E-state index in [-0.39, 0.29) is 12.0 Å². The highest BCUT2D eigenvalue weighted by Crippen LogP contribution is 2.27. The minimum absolute atomic E-state index is 0.186. The maximum Gasteiger partial charge on any atom is 0.123 e. The highest BCUT2D eigenvalue weighted by atomic mass is 16.5. The van der Waals surface area contributed by atoms with Crippen molar-refractivity contribution >= 4 is 0 Å². The summed E-state index contributed by atoms with van der Waals surface area (Å²) in [5.74, 6) is 1.24. The van der Waals surface area contributed by atoms with Crippen molar-refractivity contribution in [3.05, 3.63) is 29.8 Å². The molecule has 3 nitrogen and oxygen atoms in total. The Labute approximate surface area is 109 Å². The van der Waals surface area contributed by atoms with Gasteiger partial charge in [-0.05, 0) is 24.5 Å². The maximum atomic E-state index is 10.1. The zero-order valence-electron chi connectivity index (χ0n) is 11.4. The van der Waals surface area contributed by atoms with E-state index >= 15 is 0 Å². The molecule has 1 aliphatic rings. The average Bonchev–Trinajstić information content (AvgIpc) is 2.70. The fourth-order valence-corrected chi connectivity index (χ4v) is 2.06. The number of fused-ring (bicyclic) bond motifs is 1. The first-order chi connectivity index (χ1) is 8.49. The third-order valence-corrected chi connectivity index (χ3v) is 3.81. The van der Waals surface area contributed by atoms with E-state index in [0.717, 1.165) is 18.7 Å². The number of para-hydroxylation sites is 1. The van der Waals surface area contributed by atoms with Gasteiger partial charge in [0.1, 0.15) is 11.9 Å². The molecule has 2 rings (SSSR count). The monoisotopic (exact) mass is 249 g/mol. The average molecular weight is 249 g/mol. The SMILES string of the molecule is CC(C)C(C)(O)CNCC1Cc2ccccc2O1. The highest BCUT2D eigenvalue weighted by Gasteiger charge is 2.26. The van der Waals surface area contributed by atoms with E-state index in [1.54, 1.807) is 0 Å². The summed E-state index contributed by atoms with van der Waals surface area (Å²) in [5, 5.41) is 13.4. The molecule has 0 saturated heterocycles. The maximum absolute atomic E-state index is 10.1. The van der Waals surface area contributed by atoms with E-state index in [1.807, 2.05) is 39.0 Å². The van der Waals surface area contributed by atoms with Crippen LogP contribution in [0.4, 0.5) is 0 Å². The molecule has 3 heteroatoms. The van der Waals surface area contributed by atoms with Crippen molar-refractivity contribution in [2.75, 3.05) is 13.1 Å². The summed E-state index contributed by atoms with van der Waals surface area (Å²) < 4.78 is 5.84. The van der Waals surface area contributed by atoms with Gasteiger partial charge in [0.2, 0.25) is 0 Å². The van der Waals surface area contributed by atoms with Gasteiger partial charge in [0, 0.05) is 19.5 Å². The van der Waals surface area contributed by atoms with Crippen LogP contribution in [0.2, 0.25) is 0 Å². The topological polar surface area (TPSA) is 41.5 Å². The van der Waals surface area contributed by atoms with Gasteiger partial charge >= 0.3 is 0 Å². The molecule has 1 aliphatic heterocycles. The quantitative estimate of drug-likeness (QED) is 0.838. The van der Waals surface area contributed by atoms with Crippen LogP contribution in [-0.4, -0.2) is 29.9 Å². The molecule has 0 radical (unpaired) electrons. The molecule has 1 aromatic carbocycles.